The van der Waals surface area contributed by atoms with Crippen molar-refractivity contribution in [3.63, 3.8) is 0 Å². The van der Waals surface area contributed by atoms with E-state index in [0.29, 0.717) is 23.7 Å². The lowest BCUT2D eigenvalue weighted by molar-refractivity contribution is -0.145. The molecule has 0 spiro atoms. The van der Waals surface area contributed by atoms with Gasteiger partial charge >= 0.3 is 5.97 Å². The van der Waals surface area contributed by atoms with Gasteiger partial charge in [0.25, 0.3) is 5.56 Å². The largest absolute Gasteiger partial charge is 0.467 e. The molecular formula is C16H25N3O4S. The Kier molecular flexibility index (Phi) is 8.53. The van der Waals surface area contributed by atoms with Crippen molar-refractivity contribution in [1.82, 2.24) is 15.3 Å². The number of esters is 1. The van der Waals surface area contributed by atoms with E-state index in [0.717, 1.165) is 18.2 Å². The molecule has 8 heteroatoms. The molecule has 0 aliphatic rings. The second-order valence-corrected chi connectivity index (χ2v) is 6.82. The third kappa shape index (κ3) is 7.16. The van der Waals surface area contributed by atoms with Crippen LogP contribution in [0.2, 0.25) is 0 Å². The molecule has 1 unspecified atom stereocenters. The molecular weight excluding hydrogens is 330 g/mol. The normalized spacial score (nSPS) is 12.0. The number of methoxy groups -OCH3 is 1. The summed E-state index contributed by atoms with van der Waals surface area (Å²) in [5.74, 6) is -0.465. The van der Waals surface area contributed by atoms with Gasteiger partial charge in [-0.3, -0.25) is 9.59 Å². The summed E-state index contributed by atoms with van der Waals surface area (Å²) in [6.07, 6.45) is 2.10. The fourth-order valence-corrected chi connectivity index (χ4v) is 2.84. The Hall–Kier alpha value is -1.83. The number of nitrogens with zero attached hydrogens (tertiary/aromatic N) is 1. The molecule has 0 saturated heterocycles. The van der Waals surface area contributed by atoms with Crippen LogP contribution in [0.25, 0.3) is 0 Å². The van der Waals surface area contributed by atoms with E-state index in [1.807, 2.05) is 20.8 Å². The topological polar surface area (TPSA) is 101 Å². The van der Waals surface area contributed by atoms with Crippen LogP contribution in [-0.2, 0) is 20.7 Å². The first-order valence-corrected chi connectivity index (χ1v) is 8.94. The molecule has 1 atom stereocenters. The molecule has 0 aromatic carbocycles. The van der Waals surface area contributed by atoms with Gasteiger partial charge in [0.15, 0.2) is 5.16 Å². The molecule has 1 rings (SSSR count). The van der Waals surface area contributed by atoms with Crippen LogP contribution in [0, 0.1) is 5.92 Å². The minimum atomic E-state index is -0.665. The minimum Gasteiger partial charge on any atom is -0.467 e. The lowest BCUT2D eigenvalue weighted by Gasteiger charge is -2.18. The third-order valence-electron chi connectivity index (χ3n) is 3.15. The standard InChI is InChI=1S/C16H25N3O4S/c1-5-6-11-8-13(20)19-16(17-11)24-9-14(21)18-12(7-10(2)3)15(22)23-4/h8,10,12H,5-7,9H2,1-4H3,(H,18,21)(H,17,19,20). The van der Waals surface area contributed by atoms with Crippen molar-refractivity contribution in [3.05, 3.63) is 22.1 Å². The van der Waals surface area contributed by atoms with E-state index in [4.69, 9.17) is 4.74 Å². The van der Waals surface area contributed by atoms with Gasteiger partial charge in [0, 0.05) is 11.8 Å². The monoisotopic (exact) mass is 355 g/mol. The second kappa shape index (κ2) is 10.1. The molecule has 0 fully saturated rings. The first-order chi connectivity index (χ1) is 11.3. The van der Waals surface area contributed by atoms with E-state index >= 15 is 0 Å². The number of rotatable bonds is 9. The van der Waals surface area contributed by atoms with Crippen molar-refractivity contribution in [1.29, 1.82) is 0 Å². The Morgan fingerprint density at radius 3 is 2.71 bits per heavy atom. The molecule has 0 bridgehead atoms. The summed E-state index contributed by atoms with van der Waals surface area (Å²) in [4.78, 5) is 42.3. The van der Waals surface area contributed by atoms with Gasteiger partial charge in [0.2, 0.25) is 5.91 Å². The maximum Gasteiger partial charge on any atom is 0.328 e. The number of thioether (sulfide) groups is 1. The Bertz CT molecular complexity index is 616. The molecule has 134 valence electrons. The van der Waals surface area contributed by atoms with E-state index in [1.54, 1.807) is 0 Å². The highest BCUT2D eigenvalue weighted by atomic mass is 32.2. The van der Waals surface area contributed by atoms with Crippen molar-refractivity contribution in [2.75, 3.05) is 12.9 Å². The Balaban J connectivity index is 2.64. The molecule has 7 nitrogen and oxygen atoms in total. The van der Waals surface area contributed by atoms with Crippen molar-refractivity contribution in [3.8, 4) is 0 Å². The van der Waals surface area contributed by atoms with Crippen LogP contribution in [0.5, 0.6) is 0 Å². The number of nitrogens with one attached hydrogen (secondary N) is 2. The van der Waals surface area contributed by atoms with E-state index in [1.165, 1.54) is 13.2 Å². The maximum atomic E-state index is 12.1. The molecule has 1 amide bonds. The Morgan fingerprint density at radius 1 is 1.42 bits per heavy atom. The van der Waals surface area contributed by atoms with Gasteiger partial charge in [0.05, 0.1) is 12.9 Å². The first-order valence-electron chi connectivity index (χ1n) is 7.95. The van der Waals surface area contributed by atoms with Gasteiger partial charge in [0.1, 0.15) is 6.04 Å². The third-order valence-corrected chi connectivity index (χ3v) is 4.02. The van der Waals surface area contributed by atoms with Crippen LogP contribution in [0.4, 0.5) is 0 Å². The van der Waals surface area contributed by atoms with Gasteiger partial charge < -0.3 is 15.0 Å². The lowest BCUT2D eigenvalue weighted by Crippen LogP contribution is -2.43. The highest BCUT2D eigenvalue weighted by Crippen LogP contribution is 2.12. The number of aromatic amines is 1. The summed E-state index contributed by atoms with van der Waals surface area (Å²) >= 11 is 1.13. The minimum absolute atomic E-state index is 0.0596. The first kappa shape index (κ1) is 20.2. The molecule has 24 heavy (non-hydrogen) atoms. The van der Waals surface area contributed by atoms with Crippen LogP contribution in [0.15, 0.2) is 16.0 Å². The predicted molar refractivity (Wildman–Crippen MR) is 93.0 cm³/mol. The van der Waals surface area contributed by atoms with Gasteiger partial charge in [-0.2, -0.15) is 0 Å². The molecule has 1 heterocycles. The number of H-pyrrole nitrogens is 1. The summed E-state index contributed by atoms with van der Waals surface area (Å²) in [5, 5.41) is 3.07. The summed E-state index contributed by atoms with van der Waals surface area (Å²) < 4.78 is 4.71. The number of aromatic nitrogens is 2. The number of carbonyl (C=O) groups is 2. The number of ether oxygens (including phenoxy) is 1. The van der Waals surface area contributed by atoms with Crippen LogP contribution in [0.3, 0.4) is 0 Å². The molecule has 0 saturated carbocycles. The summed E-state index contributed by atoms with van der Waals surface area (Å²) in [6.45, 7) is 5.93. The molecule has 1 aromatic heterocycles. The summed E-state index contributed by atoms with van der Waals surface area (Å²) in [6, 6.07) is 0.797. The molecule has 0 aliphatic carbocycles. The van der Waals surface area contributed by atoms with Gasteiger partial charge in [-0.25, -0.2) is 9.78 Å². The van der Waals surface area contributed by atoms with Crippen molar-refractivity contribution in [2.24, 2.45) is 5.92 Å². The van der Waals surface area contributed by atoms with Crippen LogP contribution < -0.4 is 10.9 Å². The zero-order valence-electron chi connectivity index (χ0n) is 14.5. The zero-order valence-corrected chi connectivity index (χ0v) is 15.4. The van der Waals surface area contributed by atoms with Crippen molar-refractivity contribution < 1.29 is 14.3 Å². The predicted octanol–water partition coefficient (Wildman–Crippen LogP) is 1.52. The van der Waals surface area contributed by atoms with E-state index in [-0.39, 0.29) is 23.1 Å². The van der Waals surface area contributed by atoms with Crippen molar-refractivity contribution in [2.45, 2.75) is 51.2 Å². The summed E-state index contributed by atoms with van der Waals surface area (Å²) in [7, 11) is 1.30. The van der Waals surface area contributed by atoms with Crippen LogP contribution >= 0.6 is 11.8 Å². The van der Waals surface area contributed by atoms with Gasteiger partial charge in [-0.1, -0.05) is 39.0 Å². The number of carbonyl (C=O) groups excluding carboxylic acids is 2. The molecule has 0 radical (unpaired) electrons. The smallest absolute Gasteiger partial charge is 0.328 e. The SMILES string of the molecule is CCCc1cc(=O)[nH]c(SCC(=O)NC(CC(C)C)C(=O)OC)n1. The van der Waals surface area contributed by atoms with Crippen LogP contribution in [0.1, 0.15) is 39.3 Å². The molecule has 2 N–H and O–H groups in total. The Morgan fingerprint density at radius 2 is 2.12 bits per heavy atom. The molecule has 0 aliphatic heterocycles. The number of hydrogen-bond acceptors (Lipinski definition) is 6. The van der Waals surface area contributed by atoms with E-state index in [2.05, 4.69) is 15.3 Å². The zero-order chi connectivity index (χ0) is 18.1. The average Bonchev–Trinajstić information content (AvgIpc) is 2.51. The van der Waals surface area contributed by atoms with Gasteiger partial charge in [-0.15, -0.1) is 0 Å². The maximum absolute atomic E-state index is 12.1. The highest BCUT2D eigenvalue weighted by Gasteiger charge is 2.22. The summed E-state index contributed by atoms with van der Waals surface area (Å²) in [5.41, 5.74) is 0.472. The van der Waals surface area contributed by atoms with Crippen LogP contribution in [-0.4, -0.2) is 40.7 Å². The fraction of sp³-hybridized carbons (Fsp3) is 0.625. The fourth-order valence-electron chi connectivity index (χ4n) is 2.13. The quantitative estimate of drug-likeness (QED) is 0.396. The number of amides is 1. The lowest BCUT2D eigenvalue weighted by atomic mass is 10.0. The number of hydrogen-bond donors (Lipinski definition) is 2. The van der Waals surface area contributed by atoms with Crippen molar-refractivity contribution >= 4 is 23.6 Å². The average molecular weight is 355 g/mol. The van der Waals surface area contributed by atoms with E-state index in [9.17, 15) is 14.4 Å². The van der Waals surface area contributed by atoms with E-state index < -0.39 is 12.0 Å². The van der Waals surface area contributed by atoms with Gasteiger partial charge in [-0.05, 0) is 18.8 Å². The second-order valence-electron chi connectivity index (χ2n) is 5.85. The number of aryl methyl sites for hydroxylation is 1. The Labute approximate surface area is 146 Å². The molecule has 1 aromatic rings. The highest BCUT2D eigenvalue weighted by molar-refractivity contribution is 7.99.